The first-order chi connectivity index (χ1) is 13.2. The molecule has 1 unspecified atom stereocenters. The SMILES string of the molecule is C=N/C(NC1(C)CC1)=C(\C)C(C(=O)N1CCC(O)(c2ccccc2)C1)=C(C)C. The molecule has 1 aromatic carbocycles. The van der Waals surface area contributed by atoms with Crippen LogP contribution in [-0.2, 0) is 10.4 Å². The summed E-state index contributed by atoms with van der Waals surface area (Å²) < 4.78 is 0. The summed E-state index contributed by atoms with van der Waals surface area (Å²) in [6.07, 6.45) is 2.71. The maximum atomic E-state index is 13.4. The second-order valence-electron chi connectivity index (χ2n) is 8.57. The van der Waals surface area contributed by atoms with Crippen molar-refractivity contribution in [3.63, 3.8) is 0 Å². The molecule has 0 spiro atoms. The van der Waals surface area contributed by atoms with E-state index in [1.54, 1.807) is 4.90 Å². The van der Waals surface area contributed by atoms with Crippen LogP contribution in [0.25, 0.3) is 0 Å². The molecule has 1 amide bonds. The molecule has 1 aliphatic carbocycles. The van der Waals surface area contributed by atoms with Gasteiger partial charge in [-0.15, -0.1) is 0 Å². The van der Waals surface area contributed by atoms with Crippen LogP contribution in [0.4, 0.5) is 0 Å². The lowest BCUT2D eigenvalue weighted by molar-refractivity contribution is -0.127. The Kier molecular flexibility index (Phi) is 5.48. The number of nitrogens with one attached hydrogen (secondary N) is 1. The Bertz CT molecular complexity index is 833. The minimum Gasteiger partial charge on any atom is -0.383 e. The molecule has 1 aliphatic heterocycles. The highest BCUT2D eigenvalue weighted by molar-refractivity contribution is 5.98. The standard InChI is InChI=1S/C23H31N3O2/c1-16(2)19(17(3)20(24-5)25-22(4)11-12-22)21(27)26-14-13-23(28,15-26)18-9-7-6-8-10-18/h6-10,25,28H,5,11-15H2,1-4H3/b20-17-. The molecule has 1 heterocycles. The zero-order valence-corrected chi connectivity index (χ0v) is 17.4. The molecule has 2 fully saturated rings. The Morgan fingerprint density at radius 3 is 2.36 bits per heavy atom. The maximum absolute atomic E-state index is 13.4. The largest absolute Gasteiger partial charge is 0.383 e. The van der Waals surface area contributed by atoms with E-state index in [1.165, 1.54) is 0 Å². The van der Waals surface area contributed by atoms with Gasteiger partial charge in [0.1, 0.15) is 11.4 Å². The van der Waals surface area contributed by atoms with Gasteiger partial charge in [0.05, 0.1) is 6.54 Å². The molecule has 0 radical (unpaired) electrons. The predicted molar refractivity (Wildman–Crippen MR) is 113 cm³/mol. The van der Waals surface area contributed by atoms with Crippen molar-refractivity contribution >= 4 is 12.6 Å². The van der Waals surface area contributed by atoms with Gasteiger partial charge in [-0.25, -0.2) is 4.99 Å². The van der Waals surface area contributed by atoms with Gasteiger partial charge < -0.3 is 15.3 Å². The third-order valence-electron chi connectivity index (χ3n) is 5.87. The van der Waals surface area contributed by atoms with E-state index in [-0.39, 0.29) is 11.4 Å². The number of amides is 1. The number of hydrogen-bond acceptors (Lipinski definition) is 4. The lowest BCUT2D eigenvalue weighted by Crippen LogP contribution is -2.36. The van der Waals surface area contributed by atoms with E-state index in [0.717, 1.165) is 29.6 Å². The van der Waals surface area contributed by atoms with Crippen LogP contribution >= 0.6 is 0 Å². The molecule has 1 saturated carbocycles. The third-order valence-corrected chi connectivity index (χ3v) is 5.87. The van der Waals surface area contributed by atoms with Gasteiger partial charge in [-0.3, -0.25) is 4.79 Å². The smallest absolute Gasteiger partial charge is 0.254 e. The number of allylic oxidation sites excluding steroid dienone is 1. The first-order valence-corrected chi connectivity index (χ1v) is 9.90. The topological polar surface area (TPSA) is 64.9 Å². The van der Waals surface area contributed by atoms with E-state index in [9.17, 15) is 9.90 Å². The third kappa shape index (κ3) is 4.04. The van der Waals surface area contributed by atoms with E-state index in [1.807, 2.05) is 51.1 Å². The Labute approximate surface area is 167 Å². The lowest BCUT2D eigenvalue weighted by atomic mass is 9.93. The van der Waals surface area contributed by atoms with E-state index in [0.29, 0.717) is 30.9 Å². The quantitative estimate of drug-likeness (QED) is 0.450. The van der Waals surface area contributed by atoms with Crippen molar-refractivity contribution in [2.45, 2.75) is 58.1 Å². The van der Waals surface area contributed by atoms with Gasteiger partial charge in [-0.1, -0.05) is 35.9 Å². The zero-order valence-electron chi connectivity index (χ0n) is 17.4. The molecule has 0 aromatic heterocycles. The molecule has 3 rings (SSSR count). The minimum atomic E-state index is -0.999. The fourth-order valence-corrected chi connectivity index (χ4v) is 3.83. The Hall–Kier alpha value is -2.40. The first-order valence-electron chi connectivity index (χ1n) is 9.90. The highest BCUT2D eigenvalue weighted by Crippen LogP contribution is 2.37. The van der Waals surface area contributed by atoms with Crippen molar-refractivity contribution < 1.29 is 9.90 Å². The normalized spacial score (nSPS) is 23.7. The molecule has 28 heavy (non-hydrogen) atoms. The van der Waals surface area contributed by atoms with Crippen LogP contribution in [0.15, 0.2) is 57.9 Å². The highest BCUT2D eigenvalue weighted by Gasteiger charge is 2.41. The number of nitrogens with zero attached hydrogens (tertiary/aromatic N) is 2. The van der Waals surface area contributed by atoms with Crippen molar-refractivity contribution in [3.05, 3.63) is 58.4 Å². The van der Waals surface area contributed by atoms with E-state index in [4.69, 9.17) is 0 Å². The van der Waals surface area contributed by atoms with Crippen LogP contribution in [0.3, 0.4) is 0 Å². The van der Waals surface area contributed by atoms with Crippen molar-refractivity contribution in [2.75, 3.05) is 13.1 Å². The molecule has 5 heteroatoms. The van der Waals surface area contributed by atoms with Crippen LogP contribution in [0.5, 0.6) is 0 Å². The summed E-state index contributed by atoms with van der Waals surface area (Å²) in [4.78, 5) is 19.3. The van der Waals surface area contributed by atoms with Crippen LogP contribution in [0.2, 0.25) is 0 Å². The number of carbonyl (C=O) groups is 1. The molecule has 1 atom stereocenters. The van der Waals surface area contributed by atoms with Gasteiger partial charge >= 0.3 is 0 Å². The fourth-order valence-electron chi connectivity index (χ4n) is 3.83. The Morgan fingerprint density at radius 1 is 1.18 bits per heavy atom. The number of benzene rings is 1. The van der Waals surface area contributed by atoms with E-state index in [2.05, 4.69) is 24.0 Å². The molecule has 5 nitrogen and oxygen atoms in total. The fraction of sp³-hybridized carbons (Fsp3) is 0.478. The molecular weight excluding hydrogens is 350 g/mol. The molecule has 2 N–H and O–H groups in total. The van der Waals surface area contributed by atoms with Gasteiger partial charge in [-0.05, 0) is 59.2 Å². The van der Waals surface area contributed by atoms with Gasteiger partial charge in [-0.2, -0.15) is 0 Å². The number of rotatable bonds is 6. The summed E-state index contributed by atoms with van der Waals surface area (Å²) >= 11 is 0. The monoisotopic (exact) mass is 381 g/mol. The lowest BCUT2D eigenvalue weighted by Gasteiger charge is -2.25. The zero-order chi connectivity index (χ0) is 20.5. The predicted octanol–water partition coefficient (Wildman–Crippen LogP) is 3.52. The van der Waals surface area contributed by atoms with E-state index >= 15 is 0 Å². The summed E-state index contributed by atoms with van der Waals surface area (Å²) in [6.45, 7) is 12.5. The average Bonchev–Trinajstić information content (AvgIpc) is 3.26. The number of aliphatic hydroxyl groups is 1. The molecular formula is C23H31N3O2. The van der Waals surface area contributed by atoms with Crippen molar-refractivity contribution in [3.8, 4) is 0 Å². The Balaban J connectivity index is 1.85. The number of β-amino-alcohol motifs (C(OH)–C–C–N with tert-alkyl or cyclic N) is 1. The van der Waals surface area contributed by atoms with Crippen LogP contribution < -0.4 is 5.32 Å². The van der Waals surface area contributed by atoms with Crippen LogP contribution in [-0.4, -0.2) is 41.3 Å². The Morgan fingerprint density at radius 2 is 1.82 bits per heavy atom. The summed E-state index contributed by atoms with van der Waals surface area (Å²) in [5, 5.41) is 14.5. The van der Waals surface area contributed by atoms with E-state index < -0.39 is 5.60 Å². The van der Waals surface area contributed by atoms with Gasteiger partial charge in [0.15, 0.2) is 0 Å². The number of likely N-dealkylation sites (tertiary alicyclic amines) is 1. The van der Waals surface area contributed by atoms with Gasteiger partial charge in [0.2, 0.25) is 0 Å². The number of hydrogen-bond donors (Lipinski definition) is 2. The number of carbonyl (C=O) groups excluding carboxylic acids is 1. The highest BCUT2D eigenvalue weighted by atomic mass is 16.3. The van der Waals surface area contributed by atoms with Crippen LogP contribution in [0.1, 0.15) is 52.5 Å². The van der Waals surface area contributed by atoms with Gasteiger partial charge in [0.25, 0.3) is 5.91 Å². The van der Waals surface area contributed by atoms with Crippen molar-refractivity contribution in [1.82, 2.24) is 10.2 Å². The summed E-state index contributed by atoms with van der Waals surface area (Å²) in [6, 6.07) is 9.59. The summed E-state index contributed by atoms with van der Waals surface area (Å²) in [5.74, 6) is 0.607. The molecule has 0 bridgehead atoms. The van der Waals surface area contributed by atoms with Crippen LogP contribution in [0, 0.1) is 0 Å². The maximum Gasteiger partial charge on any atom is 0.254 e. The average molecular weight is 382 g/mol. The molecule has 2 aliphatic rings. The molecule has 150 valence electrons. The van der Waals surface area contributed by atoms with Crippen molar-refractivity contribution in [2.24, 2.45) is 4.99 Å². The first kappa shape index (κ1) is 20.3. The molecule has 1 saturated heterocycles. The second kappa shape index (κ2) is 7.55. The summed E-state index contributed by atoms with van der Waals surface area (Å²) in [5.41, 5.74) is 2.30. The van der Waals surface area contributed by atoms with Crippen molar-refractivity contribution in [1.29, 1.82) is 0 Å². The summed E-state index contributed by atoms with van der Waals surface area (Å²) in [7, 11) is 0. The minimum absolute atomic E-state index is 0.0504. The molecule has 1 aromatic rings. The second-order valence-corrected chi connectivity index (χ2v) is 8.57. The van der Waals surface area contributed by atoms with Gasteiger partial charge in [0, 0.05) is 23.2 Å². The number of aliphatic imine (C=N–C) groups is 1.